The lowest BCUT2D eigenvalue weighted by molar-refractivity contribution is 0.240. The molecular formula is C14H17N3O2. The molecule has 0 aromatic carbocycles. The van der Waals surface area contributed by atoms with E-state index >= 15 is 0 Å². The lowest BCUT2D eigenvalue weighted by atomic mass is 10.1. The Bertz CT molecular complexity index is 523. The van der Waals surface area contributed by atoms with E-state index in [0.29, 0.717) is 13.1 Å². The summed E-state index contributed by atoms with van der Waals surface area (Å²) >= 11 is 0. The zero-order valence-electron chi connectivity index (χ0n) is 10.8. The van der Waals surface area contributed by atoms with Crippen LogP contribution in [0.1, 0.15) is 18.9 Å². The molecule has 2 aromatic rings. The summed E-state index contributed by atoms with van der Waals surface area (Å²) in [4.78, 5) is 15.6. The molecule has 2 N–H and O–H groups in total. The highest BCUT2D eigenvalue weighted by atomic mass is 16.3. The number of hydrogen-bond donors (Lipinski definition) is 2. The third-order valence-corrected chi connectivity index (χ3v) is 2.59. The Balaban J connectivity index is 1.94. The predicted octanol–water partition coefficient (Wildman–Crippen LogP) is 2.55. The lowest BCUT2D eigenvalue weighted by Gasteiger charge is -2.07. The molecule has 5 heteroatoms. The Hall–Kier alpha value is -2.30. The number of furan rings is 1. The minimum atomic E-state index is -0.162. The Morgan fingerprint density at radius 2 is 2.26 bits per heavy atom. The van der Waals surface area contributed by atoms with Crippen LogP contribution in [0.4, 0.5) is 4.79 Å². The van der Waals surface area contributed by atoms with Gasteiger partial charge in [-0.2, -0.15) is 0 Å². The van der Waals surface area contributed by atoms with E-state index in [1.807, 2.05) is 25.1 Å². The van der Waals surface area contributed by atoms with Gasteiger partial charge in [0.1, 0.15) is 5.76 Å². The van der Waals surface area contributed by atoms with Gasteiger partial charge >= 0.3 is 6.03 Å². The van der Waals surface area contributed by atoms with Gasteiger partial charge in [-0.3, -0.25) is 4.98 Å². The van der Waals surface area contributed by atoms with Gasteiger partial charge in [-0.1, -0.05) is 6.92 Å². The molecule has 2 aromatic heterocycles. The molecule has 0 spiro atoms. The molecule has 0 unspecified atom stereocenters. The number of aromatic nitrogens is 1. The molecule has 0 aliphatic heterocycles. The van der Waals surface area contributed by atoms with E-state index in [1.165, 1.54) is 0 Å². The summed E-state index contributed by atoms with van der Waals surface area (Å²) in [5, 5.41) is 5.54. The fraction of sp³-hybridized carbons (Fsp3) is 0.286. The van der Waals surface area contributed by atoms with E-state index in [1.54, 1.807) is 18.7 Å². The monoisotopic (exact) mass is 259 g/mol. The molecule has 0 aliphatic rings. The van der Waals surface area contributed by atoms with Crippen LogP contribution in [0.2, 0.25) is 0 Å². The van der Waals surface area contributed by atoms with Gasteiger partial charge in [0, 0.05) is 31.0 Å². The average Bonchev–Trinajstić information content (AvgIpc) is 2.97. The van der Waals surface area contributed by atoms with Crippen LogP contribution in [0.5, 0.6) is 0 Å². The predicted molar refractivity (Wildman–Crippen MR) is 72.5 cm³/mol. The maximum absolute atomic E-state index is 11.4. The van der Waals surface area contributed by atoms with Crippen molar-refractivity contribution in [2.45, 2.75) is 19.9 Å². The van der Waals surface area contributed by atoms with Crippen molar-refractivity contribution in [3.63, 3.8) is 0 Å². The number of rotatable bonds is 5. The Labute approximate surface area is 112 Å². The summed E-state index contributed by atoms with van der Waals surface area (Å²) in [5.41, 5.74) is 1.83. The standard InChI is InChI=1S/C14H17N3O2/c1-2-5-16-14(18)17-9-11-7-12(10-15-8-11)13-4-3-6-19-13/h3-4,6-8,10H,2,5,9H2,1H3,(H2,16,17,18). The molecule has 2 heterocycles. The zero-order chi connectivity index (χ0) is 13.5. The molecule has 2 rings (SSSR count). The number of carbonyl (C=O) groups is 1. The first kappa shape index (κ1) is 13.1. The Morgan fingerprint density at radius 3 is 3.00 bits per heavy atom. The van der Waals surface area contributed by atoms with Crippen molar-refractivity contribution in [1.82, 2.24) is 15.6 Å². The second-order valence-electron chi connectivity index (χ2n) is 4.17. The lowest BCUT2D eigenvalue weighted by Crippen LogP contribution is -2.35. The largest absolute Gasteiger partial charge is 0.464 e. The van der Waals surface area contributed by atoms with Crippen molar-refractivity contribution in [3.8, 4) is 11.3 Å². The Morgan fingerprint density at radius 1 is 1.37 bits per heavy atom. The van der Waals surface area contributed by atoms with Crippen molar-refractivity contribution >= 4 is 6.03 Å². The topological polar surface area (TPSA) is 67.2 Å². The van der Waals surface area contributed by atoms with E-state index in [4.69, 9.17) is 4.42 Å². The van der Waals surface area contributed by atoms with E-state index in [-0.39, 0.29) is 6.03 Å². The first-order chi connectivity index (χ1) is 9.29. The van der Waals surface area contributed by atoms with Gasteiger partial charge in [-0.15, -0.1) is 0 Å². The fourth-order valence-corrected chi connectivity index (χ4v) is 1.65. The molecule has 100 valence electrons. The average molecular weight is 259 g/mol. The van der Waals surface area contributed by atoms with E-state index < -0.39 is 0 Å². The summed E-state index contributed by atoms with van der Waals surface area (Å²) in [5.74, 6) is 0.768. The van der Waals surface area contributed by atoms with Crippen LogP contribution < -0.4 is 10.6 Å². The van der Waals surface area contributed by atoms with Crippen molar-refractivity contribution in [2.75, 3.05) is 6.54 Å². The summed E-state index contributed by atoms with van der Waals surface area (Å²) in [6, 6.07) is 5.50. The SMILES string of the molecule is CCCNC(=O)NCc1cncc(-c2ccco2)c1. The third kappa shape index (κ3) is 3.84. The molecule has 0 aliphatic carbocycles. The number of amides is 2. The molecule has 0 radical (unpaired) electrons. The number of pyridine rings is 1. The highest BCUT2D eigenvalue weighted by Gasteiger charge is 2.04. The van der Waals surface area contributed by atoms with Crippen molar-refractivity contribution in [1.29, 1.82) is 0 Å². The highest BCUT2D eigenvalue weighted by Crippen LogP contribution is 2.19. The van der Waals surface area contributed by atoms with Crippen LogP contribution in [0, 0.1) is 0 Å². The molecule has 0 bridgehead atoms. The van der Waals surface area contributed by atoms with E-state index in [0.717, 1.165) is 23.3 Å². The second kappa shape index (κ2) is 6.58. The minimum Gasteiger partial charge on any atom is -0.464 e. The second-order valence-corrected chi connectivity index (χ2v) is 4.17. The van der Waals surface area contributed by atoms with E-state index in [2.05, 4.69) is 15.6 Å². The number of nitrogens with zero attached hydrogens (tertiary/aromatic N) is 1. The fourth-order valence-electron chi connectivity index (χ4n) is 1.65. The smallest absolute Gasteiger partial charge is 0.315 e. The highest BCUT2D eigenvalue weighted by molar-refractivity contribution is 5.73. The van der Waals surface area contributed by atoms with Crippen LogP contribution in [-0.2, 0) is 6.54 Å². The van der Waals surface area contributed by atoms with Gasteiger partial charge in [0.15, 0.2) is 0 Å². The van der Waals surface area contributed by atoms with Crippen molar-refractivity contribution < 1.29 is 9.21 Å². The molecule has 0 saturated heterocycles. The van der Waals surface area contributed by atoms with E-state index in [9.17, 15) is 4.79 Å². The molecule has 5 nitrogen and oxygen atoms in total. The first-order valence-electron chi connectivity index (χ1n) is 6.29. The van der Waals surface area contributed by atoms with Crippen LogP contribution in [0.3, 0.4) is 0 Å². The Kier molecular flexibility index (Phi) is 4.55. The number of nitrogens with one attached hydrogen (secondary N) is 2. The summed E-state index contributed by atoms with van der Waals surface area (Å²) in [6.07, 6.45) is 6.01. The molecule has 2 amide bonds. The van der Waals surface area contributed by atoms with Gasteiger partial charge in [0.2, 0.25) is 0 Å². The van der Waals surface area contributed by atoms with Crippen molar-refractivity contribution in [3.05, 3.63) is 42.4 Å². The van der Waals surface area contributed by atoms with Crippen LogP contribution in [0.25, 0.3) is 11.3 Å². The van der Waals surface area contributed by atoms with Gasteiger partial charge in [0.05, 0.1) is 6.26 Å². The zero-order valence-corrected chi connectivity index (χ0v) is 10.8. The molecule has 0 atom stereocenters. The quantitative estimate of drug-likeness (QED) is 0.867. The first-order valence-corrected chi connectivity index (χ1v) is 6.29. The number of urea groups is 1. The van der Waals surface area contributed by atoms with Gasteiger partial charge in [-0.25, -0.2) is 4.79 Å². The molecule has 19 heavy (non-hydrogen) atoms. The van der Waals surface area contributed by atoms with Gasteiger partial charge in [-0.05, 0) is 30.2 Å². The normalized spacial score (nSPS) is 10.2. The number of carbonyl (C=O) groups excluding carboxylic acids is 1. The molecule has 0 saturated carbocycles. The van der Waals surface area contributed by atoms with Gasteiger partial charge in [0.25, 0.3) is 0 Å². The number of hydrogen-bond acceptors (Lipinski definition) is 3. The summed E-state index contributed by atoms with van der Waals surface area (Å²) < 4.78 is 5.31. The summed E-state index contributed by atoms with van der Waals surface area (Å²) in [6.45, 7) is 3.13. The van der Waals surface area contributed by atoms with Crippen LogP contribution in [-0.4, -0.2) is 17.6 Å². The van der Waals surface area contributed by atoms with Gasteiger partial charge < -0.3 is 15.1 Å². The minimum absolute atomic E-state index is 0.162. The van der Waals surface area contributed by atoms with Crippen LogP contribution in [0.15, 0.2) is 41.3 Å². The van der Waals surface area contributed by atoms with Crippen LogP contribution >= 0.6 is 0 Å². The van der Waals surface area contributed by atoms with Crippen molar-refractivity contribution in [2.24, 2.45) is 0 Å². The third-order valence-electron chi connectivity index (χ3n) is 2.59. The summed E-state index contributed by atoms with van der Waals surface area (Å²) in [7, 11) is 0. The molecule has 0 fully saturated rings. The maximum atomic E-state index is 11.4. The maximum Gasteiger partial charge on any atom is 0.315 e. The molecular weight excluding hydrogens is 242 g/mol.